The molecule has 1 aromatic heterocycles. The summed E-state index contributed by atoms with van der Waals surface area (Å²) in [5.74, 6) is 0.741. The van der Waals surface area contributed by atoms with Crippen LogP contribution in [0.4, 0.5) is 0 Å². The van der Waals surface area contributed by atoms with Crippen molar-refractivity contribution in [2.75, 3.05) is 13.9 Å². The quantitative estimate of drug-likeness (QED) is 0.574. The summed E-state index contributed by atoms with van der Waals surface area (Å²) in [5, 5.41) is 0.672. The first kappa shape index (κ1) is 14.1. The lowest BCUT2D eigenvalue weighted by atomic mass is 10.2. The summed E-state index contributed by atoms with van der Waals surface area (Å²) in [7, 11) is 1.59. The highest BCUT2D eigenvalue weighted by Gasteiger charge is 2.07. The van der Waals surface area contributed by atoms with Crippen LogP contribution in [0, 0.1) is 4.77 Å². The number of nitrogens with one attached hydrogen (secondary N) is 1. The minimum Gasteiger partial charge on any atom is -0.468 e. The Bertz CT molecular complexity index is 824. The Kier molecular flexibility index (Phi) is 3.96. The molecule has 0 aliphatic carbocycles. The van der Waals surface area contributed by atoms with Crippen LogP contribution in [-0.4, -0.2) is 23.5 Å². The van der Waals surface area contributed by atoms with E-state index >= 15 is 0 Å². The monoisotopic (exact) mass is 320 g/mol. The first-order chi connectivity index (χ1) is 10.2. The summed E-state index contributed by atoms with van der Waals surface area (Å²) >= 11 is 11.5. The molecule has 0 saturated carbocycles. The molecule has 0 spiro atoms. The van der Waals surface area contributed by atoms with Crippen molar-refractivity contribution in [1.82, 2.24) is 9.55 Å². The predicted molar refractivity (Wildman–Crippen MR) is 86.0 cm³/mol. The lowest BCUT2D eigenvalue weighted by Gasteiger charge is -2.07. The molecular weight excluding hydrogens is 308 g/mol. The summed E-state index contributed by atoms with van der Waals surface area (Å²) in [6, 6.07) is 13.3. The number of methoxy groups -OCH3 is 1. The van der Waals surface area contributed by atoms with Crippen LogP contribution >= 0.6 is 23.8 Å². The van der Waals surface area contributed by atoms with Gasteiger partial charge in [0.25, 0.3) is 0 Å². The molecule has 1 N–H and O–H groups in total. The van der Waals surface area contributed by atoms with Gasteiger partial charge in [0.1, 0.15) is 5.75 Å². The SMILES string of the molecule is COCOc1ccc(-n2c(=S)[nH]c3ccc(Cl)cc32)cc1. The number of hydrogen-bond donors (Lipinski definition) is 1. The number of benzene rings is 2. The zero-order valence-electron chi connectivity index (χ0n) is 11.3. The maximum atomic E-state index is 6.07. The van der Waals surface area contributed by atoms with E-state index in [9.17, 15) is 0 Å². The van der Waals surface area contributed by atoms with Crippen LogP contribution in [0.2, 0.25) is 5.02 Å². The maximum absolute atomic E-state index is 6.07. The van der Waals surface area contributed by atoms with Gasteiger partial charge in [0, 0.05) is 17.8 Å². The second-order valence-corrected chi connectivity index (χ2v) is 5.29. The normalized spacial score (nSPS) is 11.0. The Labute approximate surface area is 131 Å². The molecule has 2 aromatic carbocycles. The molecule has 3 rings (SSSR count). The third kappa shape index (κ3) is 2.81. The summed E-state index contributed by atoms with van der Waals surface area (Å²) in [6.07, 6.45) is 0. The maximum Gasteiger partial charge on any atom is 0.188 e. The number of aromatic amines is 1. The Balaban J connectivity index is 2.05. The zero-order valence-corrected chi connectivity index (χ0v) is 12.9. The molecule has 0 atom stereocenters. The van der Waals surface area contributed by atoms with E-state index < -0.39 is 0 Å². The molecule has 21 heavy (non-hydrogen) atoms. The lowest BCUT2D eigenvalue weighted by molar-refractivity contribution is 0.0511. The number of fused-ring (bicyclic) bond motifs is 1. The number of nitrogens with zero attached hydrogens (tertiary/aromatic N) is 1. The topological polar surface area (TPSA) is 39.2 Å². The molecule has 3 aromatic rings. The molecule has 0 radical (unpaired) electrons. The Morgan fingerprint density at radius 2 is 1.95 bits per heavy atom. The van der Waals surface area contributed by atoms with Gasteiger partial charge >= 0.3 is 0 Å². The first-order valence-corrected chi connectivity index (χ1v) is 7.10. The summed E-state index contributed by atoms with van der Waals surface area (Å²) in [6.45, 7) is 0.224. The van der Waals surface area contributed by atoms with Gasteiger partial charge in [-0.25, -0.2) is 0 Å². The molecule has 0 amide bonds. The van der Waals surface area contributed by atoms with E-state index in [0.717, 1.165) is 22.5 Å². The van der Waals surface area contributed by atoms with Crippen LogP contribution in [0.3, 0.4) is 0 Å². The molecule has 0 aliphatic rings. The van der Waals surface area contributed by atoms with Gasteiger partial charge in [-0.15, -0.1) is 0 Å². The van der Waals surface area contributed by atoms with Crippen LogP contribution in [0.25, 0.3) is 16.7 Å². The molecule has 0 unspecified atom stereocenters. The molecule has 0 bridgehead atoms. The van der Waals surface area contributed by atoms with Crippen LogP contribution in [0.1, 0.15) is 0 Å². The van der Waals surface area contributed by atoms with Crippen molar-refractivity contribution in [3.8, 4) is 11.4 Å². The minimum absolute atomic E-state index is 0.224. The number of hydrogen-bond acceptors (Lipinski definition) is 3. The van der Waals surface area contributed by atoms with Gasteiger partial charge in [-0.3, -0.25) is 4.57 Å². The zero-order chi connectivity index (χ0) is 14.8. The molecule has 108 valence electrons. The van der Waals surface area contributed by atoms with E-state index in [1.807, 2.05) is 47.0 Å². The average molecular weight is 321 g/mol. The standard InChI is InChI=1S/C15H13ClN2O2S/c1-19-9-20-12-5-3-11(4-6-12)18-14-8-10(16)2-7-13(14)17-15(18)21/h2-8H,9H2,1H3,(H,17,21). The van der Waals surface area contributed by atoms with E-state index in [1.54, 1.807) is 7.11 Å². The highest BCUT2D eigenvalue weighted by atomic mass is 35.5. The van der Waals surface area contributed by atoms with Crippen LogP contribution in [0.5, 0.6) is 5.75 Å². The largest absolute Gasteiger partial charge is 0.468 e. The fraction of sp³-hybridized carbons (Fsp3) is 0.133. The van der Waals surface area contributed by atoms with Crippen molar-refractivity contribution >= 4 is 34.9 Å². The molecule has 1 heterocycles. The van der Waals surface area contributed by atoms with Gasteiger partial charge in [-0.1, -0.05) is 11.6 Å². The third-order valence-electron chi connectivity index (χ3n) is 3.08. The smallest absolute Gasteiger partial charge is 0.188 e. The van der Waals surface area contributed by atoms with Crippen molar-refractivity contribution in [3.05, 3.63) is 52.3 Å². The van der Waals surface area contributed by atoms with E-state index in [1.165, 1.54) is 0 Å². The summed E-state index contributed by atoms with van der Waals surface area (Å²) in [5.41, 5.74) is 2.83. The highest BCUT2D eigenvalue weighted by molar-refractivity contribution is 7.71. The van der Waals surface area contributed by atoms with Gasteiger partial charge in [0.05, 0.1) is 11.0 Å². The van der Waals surface area contributed by atoms with E-state index in [4.69, 9.17) is 33.3 Å². The molecular formula is C15H13ClN2O2S. The van der Waals surface area contributed by atoms with E-state index in [2.05, 4.69) is 4.98 Å². The lowest BCUT2D eigenvalue weighted by Crippen LogP contribution is -1.99. The third-order valence-corrected chi connectivity index (χ3v) is 3.60. The van der Waals surface area contributed by atoms with Crippen LogP contribution < -0.4 is 4.74 Å². The fourth-order valence-corrected chi connectivity index (χ4v) is 2.63. The second kappa shape index (κ2) is 5.89. The Morgan fingerprint density at radius 1 is 1.19 bits per heavy atom. The Hall–Kier alpha value is -1.82. The van der Waals surface area contributed by atoms with Gasteiger partial charge < -0.3 is 14.5 Å². The van der Waals surface area contributed by atoms with Crippen molar-refractivity contribution in [1.29, 1.82) is 0 Å². The fourth-order valence-electron chi connectivity index (χ4n) is 2.15. The first-order valence-electron chi connectivity index (χ1n) is 6.31. The van der Waals surface area contributed by atoms with Gasteiger partial charge in [-0.2, -0.15) is 0 Å². The number of halogens is 1. The number of rotatable bonds is 4. The summed E-state index contributed by atoms with van der Waals surface area (Å²) in [4.78, 5) is 3.17. The highest BCUT2D eigenvalue weighted by Crippen LogP contribution is 2.24. The summed E-state index contributed by atoms with van der Waals surface area (Å²) < 4.78 is 12.8. The van der Waals surface area contributed by atoms with Crippen molar-refractivity contribution < 1.29 is 9.47 Å². The average Bonchev–Trinajstić information content (AvgIpc) is 2.81. The number of H-pyrrole nitrogens is 1. The van der Waals surface area contributed by atoms with Gasteiger partial charge in [0.15, 0.2) is 11.6 Å². The number of imidazole rings is 1. The van der Waals surface area contributed by atoms with Crippen LogP contribution in [-0.2, 0) is 4.74 Å². The molecule has 0 saturated heterocycles. The van der Waals surface area contributed by atoms with Crippen molar-refractivity contribution in [2.45, 2.75) is 0 Å². The van der Waals surface area contributed by atoms with Gasteiger partial charge in [0.2, 0.25) is 0 Å². The molecule has 0 fully saturated rings. The van der Waals surface area contributed by atoms with Gasteiger partial charge in [-0.05, 0) is 54.7 Å². The predicted octanol–water partition coefficient (Wildman–Crippen LogP) is 4.32. The second-order valence-electron chi connectivity index (χ2n) is 4.47. The van der Waals surface area contributed by atoms with E-state index in [-0.39, 0.29) is 6.79 Å². The number of ether oxygens (including phenoxy) is 2. The number of aromatic nitrogens is 2. The minimum atomic E-state index is 0.224. The van der Waals surface area contributed by atoms with Crippen LogP contribution in [0.15, 0.2) is 42.5 Å². The molecule has 4 nitrogen and oxygen atoms in total. The van der Waals surface area contributed by atoms with Crippen molar-refractivity contribution in [3.63, 3.8) is 0 Å². The molecule has 6 heteroatoms. The van der Waals surface area contributed by atoms with Crippen molar-refractivity contribution in [2.24, 2.45) is 0 Å². The molecule has 0 aliphatic heterocycles. The Morgan fingerprint density at radius 3 is 2.67 bits per heavy atom. The van der Waals surface area contributed by atoms with E-state index in [0.29, 0.717) is 9.79 Å².